The standard InChI is InChI=1S/C14H16N4O4S/c15-23(20,21)11-5-3-9(4-6-11)13(19)16-8-7-12-17-14(22-18-12)10-1-2-10/h3-6,10H,1-2,7-8H2,(H,16,19)(H2,15,20,21). The Morgan fingerprint density at radius 3 is 2.61 bits per heavy atom. The molecule has 1 aromatic carbocycles. The van der Waals surface area contributed by atoms with Crippen molar-refractivity contribution in [2.75, 3.05) is 6.54 Å². The SMILES string of the molecule is NS(=O)(=O)c1ccc(C(=O)NCCc2noc(C3CC3)n2)cc1. The van der Waals surface area contributed by atoms with Crippen LogP contribution in [0.2, 0.25) is 0 Å². The van der Waals surface area contributed by atoms with Crippen molar-refractivity contribution in [2.45, 2.75) is 30.1 Å². The summed E-state index contributed by atoms with van der Waals surface area (Å²) in [5.41, 5.74) is 0.351. The highest BCUT2D eigenvalue weighted by molar-refractivity contribution is 7.89. The first kappa shape index (κ1) is 15.6. The van der Waals surface area contributed by atoms with E-state index in [1.54, 1.807) is 0 Å². The number of benzene rings is 1. The molecular weight excluding hydrogens is 320 g/mol. The Bertz CT molecular complexity index is 810. The smallest absolute Gasteiger partial charge is 0.251 e. The summed E-state index contributed by atoms with van der Waals surface area (Å²) in [6.45, 7) is 0.361. The topological polar surface area (TPSA) is 128 Å². The molecule has 1 heterocycles. The van der Waals surface area contributed by atoms with Crippen LogP contribution in [-0.2, 0) is 16.4 Å². The van der Waals surface area contributed by atoms with Gasteiger partial charge in [-0.2, -0.15) is 4.98 Å². The summed E-state index contributed by atoms with van der Waals surface area (Å²) in [5, 5.41) is 11.6. The Morgan fingerprint density at radius 1 is 1.30 bits per heavy atom. The number of nitrogens with zero attached hydrogens (tertiary/aromatic N) is 2. The van der Waals surface area contributed by atoms with Crippen molar-refractivity contribution in [1.29, 1.82) is 0 Å². The van der Waals surface area contributed by atoms with Crippen molar-refractivity contribution in [3.8, 4) is 0 Å². The predicted molar refractivity (Wildman–Crippen MR) is 80.1 cm³/mol. The van der Waals surface area contributed by atoms with Crippen molar-refractivity contribution < 1.29 is 17.7 Å². The quantitative estimate of drug-likeness (QED) is 0.793. The Hall–Kier alpha value is -2.26. The molecule has 9 heteroatoms. The van der Waals surface area contributed by atoms with E-state index in [1.165, 1.54) is 24.3 Å². The largest absolute Gasteiger partial charge is 0.352 e. The minimum atomic E-state index is -3.76. The van der Waals surface area contributed by atoms with Gasteiger partial charge in [0.2, 0.25) is 15.9 Å². The number of hydrogen-bond acceptors (Lipinski definition) is 6. The third kappa shape index (κ3) is 3.93. The van der Waals surface area contributed by atoms with Crippen LogP contribution in [-0.4, -0.2) is 31.0 Å². The molecule has 0 spiro atoms. The molecule has 0 unspecified atom stereocenters. The molecule has 8 nitrogen and oxygen atoms in total. The van der Waals surface area contributed by atoms with Crippen LogP contribution in [0.4, 0.5) is 0 Å². The van der Waals surface area contributed by atoms with Crippen molar-refractivity contribution in [3.63, 3.8) is 0 Å². The maximum atomic E-state index is 12.0. The predicted octanol–water partition coefficient (Wildman–Crippen LogP) is 0.567. The van der Waals surface area contributed by atoms with E-state index in [9.17, 15) is 13.2 Å². The van der Waals surface area contributed by atoms with Gasteiger partial charge in [0.1, 0.15) is 0 Å². The maximum Gasteiger partial charge on any atom is 0.251 e. The third-order valence-corrected chi connectivity index (χ3v) is 4.42. The number of hydrogen-bond donors (Lipinski definition) is 2. The van der Waals surface area contributed by atoms with Gasteiger partial charge in [-0.05, 0) is 37.1 Å². The van der Waals surface area contributed by atoms with E-state index < -0.39 is 10.0 Å². The number of amides is 1. The number of rotatable bonds is 6. The summed E-state index contributed by atoms with van der Waals surface area (Å²) in [5.74, 6) is 1.33. The zero-order chi connectivity index (χ0) is 16.4. The lowest BCUT2D eigenvalue weighted by molar-refractivity contribution is 0.0954. The number of nitrogens with one attached hydrogen (secondary N) is 1. The molecule has 23 heavy (non-hydrogen) atoms. The summed E-state index contributed by atoms with van der Waals surface area (Å²) in [6, 6.07) is 5.42. The molecule has 0 saturated heterocycles. The number of carbonyl (C=O) groups is 1. The minimum absolute atomic E-state index is 0.0338. The van der Waals surface area contributed by atoms with Gasteiger partial charge in [-0.1, -0.05) is 5.16 Å². The zero-order valence-corrected chi connectivity index (χ0v) is 13.0. The van der Waals surface area contributed by atoms with Gasteiger partial charge in [-0.25, -0.2) is 13.6 Å². The number of aromatic nitrogens is 2. The molecule has 122 valence electrons. The summed E-state index contributed by atoms with van der Waals surface area (Å²) >= 11 is 0. The monoisotopic (exact) mass is 336 g/mol. The average Bonchev–Trinajstić information content (AvgIpc) is 3.26. The van der Waals surface area contributed by atoms with E-state index in [0.29, 0.717) is 36.2 Å². The zero-order valence-electron chi connectivity index (χ0n) is 12.2. The molecule has 0 atom stereocenters. The molecule has 1 aromatic heterocycles. The van der Waals surface area contributed by atoms with Crippen LogP contribution in [0.3, 0.4) is 0 Å². The summed E-state index contributed by atoms with van der Waals surface area (Å²) < 4.78 is 27.4. The summed E-state index contributed by atoms with van der Waals surface area (Å²) in [6.07, 6.45) is 2.65. The van der Waals surface area contributed by atoms with Gasteiger partial charge < -0.3 is 9.84 Å². The molecule has 0 aliphatic heterocycles. The molecule has 1 aliphatic carbocycles. The first-order valence-electron chi connectivity index (χ1n) is 7.17. The van der Waals surface area contributed by atoms with Crippen LogP contribution in [0.15, 0.2) is 33.7 Å². The summed E-state index contributed by atoms with van der Waals surface area (Å²) in [4.78, 5) is 16.2. The van der Waals surface area contributed by atoms with E-state index in [0.717, 1.165) is 12.8 Å². The fourth-order valence-corrected chi connectivity index (χ4v) is 2.57. The van der Waals surface area contributed by atoms with E-state index in [2.05, 4.69) is 15.5 Å². The lowest BCUT2D eigenvalue weighted by Crippen LogP contribution is -2.26. The molecule has 3 rings (SSSR count). The lowest BCUT2D eigenvalue weighted by Gasteiger charge is -2.04. The van der Waals surface area contributed by atoms with Gasteiger partial charge >= 0.3 is 0 Å². The number of primary sulfonamides is 1. The molecule has 1 fully saturated rings. The number of nitrogens with two attached hydrogens (primary N) is 1. The van der Waals surface area contributed by atoms with Gasteiger partial charge in [0.15, 0.2) is 5.82 Å². The summed E-state index contributed by atoms with van der Waals surface area (Å²) in [7, 11) is -3.76. The Balaban J connectivity index is 1.52. The average molecular weight is 336 g/mol. The van der Waals surface area contributed by atoms with Crippen molar-refractivity contribution in [3.05, 3.63) is 41.5 Å². The Labute approximate surface area is 133 Å². The molecule has 0 radical (unpaired) electrons. The Kier molecular flexibility index (Phi) is 4.14. The Morgan fingerprint density at radius 2 is 2.00 bits per heavy atom. The second-order valence-corrected chi connectivity index (χ2v) is 6.96. The van der Waals surface area contributed by atoms with E-state index in [1.807, 2.05) is 0 Å². The highest BCUT2D eigenvalue weighted by Gasteiger charge is 2.29. The van der Waals surface area contributed by atoms with Crippen LogP contribution >= 0.6 is 0 Å². The van der Waals surface area contributed by atoms with E-state index in [4.69, 9.17) is 9.66 Å². The fourth-order valence-electron chi connectivity index (χ4n) is 2.05. The molecule has 1 amide bonds. The first-order valence-corrected chi connectivity index (χ1v) is 8.71. The highest BCUT2D eigenvalue weighted by atomic mass is 32.2. The molecule has 1 saturated carbocycles. The normalized spacial score (nSPS) is 14.7. The fraction of sp³-hybridized carbons (Fsp3) is 0.357. The number of sulfonamides is 1. The van der Waals surface area contributed by atoms with Gasteiger partial charge in [-0.15, -0.1) is 0 Å². The third-order valence-electron chi connectivity index (χ3n) is 3.49. The van der Waals surface area contributed by atoms with Gasteiger partial charge in [0.05, 0.1) is 4.90 Å². The highest BCUT2D eigenvalue weighted by Crippen LogP contribution is 2.38. The van der Waals surface area contributed by atoms with E-state index in [-0.39, 0.29) is 10.8 Å². The molecule has 2 aromatic rings. The second kappa shape index (κ2) is 6.09. The van der Waals surface area contributed by atoms with Crippen molar-refractivity contribution in [2.24, 2.45) is 5.14 Å². The van der Waals surface area contributed by atoms with E-state index >= 15 is 0 Å². The van der Waals surface area contributed by atoms with Crippen LogP contribution < -0.4 is 10.5 Å². The van der Waals surface area contributed by atoms with Gasteiger partial charge in [0.25, 0.3) is 5.91 Å². The molecule has 3 N–H and O–H groups in total. The number of carbonyl (C=O) groups excluding carboxylic acids is 1. The lowest BCUT2D eigenvalue weighted by atomic mass is 10.2. The van der Waals surface area contributed by atoms with Crippen molar-refractivity contribution in [1.82, 2.24) is 15.5 Å². The minimum Gasteiger partial charge on any atom is -0.352 e. The van der Waals surface area contributed by atoms with Gasteiger partial charge in [0, 0.05) is 24.4 Å². The molecule has 1 aliphatic rings. The first-order chi connectivity index (χ1) is 10.9. The van der Waals surface area contributed by atoms with Crippen LogP contribution in [0.5, 0.6) is 0 Å². The molecule has 0 bridgehead atoms. The molecular formula is C14H16N4O4S. The van der Waals surface area contributed by atoms with Crippen LogP contribution in [0.25, 0.3) is 0 Å². The van der Waals surface area contributed by atoms with Crippen LogP contribution in [0.1, 0.15) is 40.8 Å². The van der Waals surface area contributed by atoms with Crippen LogP contribution in [0, 0.1) is 0 Å². The van der Waals surface area contributed by atoms with Gasteiger partial charge in [-0.3, -0.25) is 4.79 Å². The second-order valence-electron chi connectivity index (χ2n) is 5.40. The maximum absolute atomic E-state index is 12.0. The van der Waals surface area contributed by atoms with Crippen molar-refractivity contribution >= 4 is 15.9 Å².